The second-order valence-corrected chi connectivity index (χ2v) is 6.63. The maximum absolute atomic E-state index is 12.0. The molecule has 5 nitrogen and oxygen atoms in total. The molecule has 1 atom stereocenters. The van der Waals surface area contributed by atoms with Gasteiger partial charge < -0.3 is 5.32 Å². The van der Waals surface area contributed by atoms with Crippen LogP contribution in [0.25, 0.3) is 0 Å². The number of amides is 1. The lowest BCUT2D eigenvalue weighted by molar-refractivity contribution is -0.118. The van der Waals surface area contributed by atoms with Crippen molar-refractivity contribution >= 4 is 22.4 Å². The fourth-order valence-electron chi connectivity index (χ4n) is 1.84. The van der Waals surface area contributed by atoms with Crippen molar-refractivity contribution in [2.75, 3.05) is 11.9 Å². The molecule has 1 amide bonds. The van der Waals surface area contributed by atoms with Crippen molar-refractivity contribution in [3.05, 3.63) is 5.01 Å². The van der Waals surface area contributed by atoms with Crippen LogP contribution < -0.4 is 10.6 Å². The molecule has 1 fully saturated rings. The second-order valence-electron chi connectivity index (χ2n) is 5.65. The number of carbonyl (C=O) groups excluding carboxylic acids is 1. The molecule has 1 aromatic heterocycles. The Morgan fingerprint density at radius 3 is 2.72 bits per heavy atom. The van der Waals surface area contributed by atoms with Gasteiger partial charge in [-0.05, 0) is 19.4 Å². The quantitative estimate of drug-likeness (QED) is 0.860. The summed E-state index contributed by atoms with van der Waals surface area (Å²) in [4.78, 5) is 12.0. The van der Waals surface area contributed by atoms with Gasteiger partial charge >= 0.3 is 0 Å². The molecule has 0 aromatic carbocycles. The number of nitrogens with zero attached hydrogens (tertiary/aromatic N) is 2. The fraction of sp³-hybridized carbons (Fsp3) is 0.750. The van der Waals surface area contributed by atoms with Gasteiger partial charge in [-0.3, -0.25) is 10.1 Å². The first-order chi connectivity index (χ1) is 8.47. The summed E-state index contributed by atoms with van der Waals surface area (Å²) < 4.78 is 0. The van der Waals surface area contributed by atoms with Gasteiger partial charge in [0.05, 0.1) is 6.04 Å². The smallest absolute Gasteiger partial charge is 0.243 e. The minimum absolute atomic E-state index is 0.00584. The lowest BCUT2D eigenvalue weighted by Gasteiger charge is -2.21. The molecular weight excluding hydrogens is 248 g/mol. The number of hydrogen-bond acceptors (Lipinski definition) is 5. The van der Waals surface area contributed by atoms with Crippen LogP contribution in [0.4, 0.5) is 5.13 Å². The summed E-state index contributed by atoms with van der Waals surface area (Å²) in [6.45, 7) is 7.17. The molecule has 2 rings (SSSR count). The van der Waals surface area contributed by atoms with E-state index in [0.29, 0.717) is 5.13 Å². The van der Waals surface area contributed by atoms with Crippen LogP contribution in [0.3, 0.4) is 0 Å². The Kier molecular flexibility index (Phi) is 3.97. The van der Waals surface area contributed by atoms with Crippen molar-refractivity contribution in [2.24, 2.45) is 0 Å². The van der Waals surface area contributed by atoms with E-state index in [0.717, 1.165) is 30.8 Å². The Morgan fingerprint density at radius 2 is 2.17 bits per heavy atom. The molecule has 1 aromatic rings. The van der Waals surface area contributed by atoms with Gasteiger partial charge in [-0.2, -0.15) is 0 Å². The average Bonchev–Trinajstić information content (AvgIpc) is 2.78. The molecule has 6 heteroatoms. The average molecular weight is 268 g/mol. The molecule has 1 saturated heterocycles. The molecule has 100 valence electrons. The van der Waals surface area contributed by atoms with Crippen LogP contribution in [0.1, 0.15) is 45.0 Å². The van der Waals surface area contributed by atoms with E-state index in [1.807, 2.05) is 0 Å². The van der Waals surface area contributed by atoms with Gasteiger partial charge in [0.2, 0.25) is 11.0 Å². The van der Waals surface area contributed by atoms with Gasteiger partial charge in [0.15, 0.2) is 0 Å². The van der Waals surface area contributed by atoms with Gasteiger partial charge in [0, 0.05) is 5.41 Å². The highest BCUT2D eigenvalue weighted by atomic mass is 32.1. The molecule has 0 radical (unpaired) electrons. The molecule has 2 N–H and O–H groups in total. The van der Waals surface area contributed by atoms with Crippen molar-refractivity contribution in [3.8, 4) is 0 Å². The topological polar surface area (TPSA) is 66.9 Å². The number of anilines is 1. The van der Waals surface area contributed by atoms with Gasteiger partial charge in [0.25, 0.3) is 0 Å². The SMILES string of the molecule is CC(C)(C)c1nnc(NC(=O)[C@@H]2CCCCN2)s1. The van der Waals surface area contributed by atoms with E-state index in [1.54, 1.807) is 0 Å². The van der Waals surface area contributed by atoms with Crippen LogP contribution in [0.5, 0.6) is 0 Å². The zero-order valence-electron chi connectivity index (χ0n) is 11.1. The summed E-state index contributed by atoms with van der Waals surface area (Å²) in [5.41, 5.74) is -0.0241. The lowest BCUT2D eigenvalue weighted by Crippen LogP contribution is -2.43. The molecule has 2 heterocycles. The van der Waals surface area contributed by atoms with Crippen LogP contribution in [0.15, 0.2) is 0 Å². The standard InChI is InChI=1S/C12H20N4OS/c1-12(2,3)10-15-16-11(18-10)14-9(17)8-6-4-5-7-13-8/h8,13H,4-7H2,1-3H3,(H,14,16,17)/t8-/m0/s1. The van der Waals surface area contributed by atoms with Gasteiger partial charge in [-0.1, -0.05) is 38.5 Å². The Hall–Kier alpha value is -1.01. The van der Waals surface area contributed by atoms with E-state index in [2.05, 4.69) is 41.6 Å². The summed E-state index contributed by atoms with van der Waals surface area (Å²) in [6.07, 6.45) is 3.15. The molecule has 0 spiro atoms. The van der Waals surface area contributed by atoms with E-state index < -0.39 is 0 Å². The summed E-state index contributed by atoms with van der Waals surface area (Å²) in [6, 6.07) is -0.0827. The van der Waals surface area contributed by atoms with Gasteiger partial charge in [-0.15, -0.1) is 10.2 Å². The first-order valence-corrected chi connectivity index (χ1v) is 7.17. The van der Waals surface area contributed by atoms with E-state index in [9.17, 15) is 4.79 Å². The molecular formula is C12H20N4OS. The number of nitrogens with one attached hydrogen (secondary N) is 2. The Morgan fingerprint density at radius 1 is 1.39 bits per heavy atom. The van der Waals surface area contributed by atoms with Crippen LogP contribution >= 0.6 is 11.3 Å². The normalized spacial score (nSPS) is 20.7. The largest absolute Gasteiger partial charge is 0.306 e. The molecule has 0 bridgehead atoms. The van der Waals surface area contributed by atoms with Gasteiger partial charge in [-0.25, -0.2) is 0 Å². The van der Waals surface area contributed by atoms with Crippen LogP contribution in [0, 0.1) is 0 Å². The van der Waals surface area contributed by atoms with E-state index in [-0.39, 0.29) is 17.4 Å². The third-order valence-electron chi connectivity index (χ3n) is 2.92. The Balaban J connectivity index is 1.96. The fourth-order valence-corrected chi connectivity index (χ4v) is 2.65. The predicted molar refractivity (Wildman–Crippen MR) is 72.9 cm³/mol. The first kappa shape index (κ1) is 13.4. The minimum atomic E-state index is -0.0827. The molecule has 1 aliphatic rings. The minimum Gasteiger partial charge on any atom is -0.306 e. The Labute approximate surface area is 111 Å². The summed E-state index contributed by atoms with van der Waals surface area (Å²) in [5.74, 6) is 0.00584. The second kappa shape index (κ2) is 5.32. The first-order valence-electron chi connectivity index (χ1n) is 6.35. The maximum atomic E-state index is 12.0. The molecule has 0 aliphatic carbocycles. The number of hydrogen-bond donors (Lipinski definition) is 2. The molecule has 1 aliphatic heterocycles. The summed E-state index contributed by atoms with van der Waals surface area (Å²) in [5, 5.41) is 15.7. The monoisotopic (exact) mass is 268 g/mol. The molecule has 18 heavy (non-hydrogen) atoms. The third-order valence-corrected chi connectivity index (χ3v) is 4.19. The zero-order valence-corrected chi connectivity index (χ0v) is 11.9. The van der Waals surface area contributed by atoms with Crippen molar-refractivity contribution in [1.29, 1.82) is 0 Å². The van der Waals surface area contributed by atoms with Crippen LogP contribution in [-0.4, -0.2) is 28.7 Å². The van der Waals surface area contributed by atoms with Crippen molar-refractivity contribution < 1.29 is 4.79 Å². The predicted octanol–water partition coefficient (Wildman–Crippen LogP) is 1.92. The highest BCUT2D eigenvalue weighted by Crippen LogP contribution is 2.27. The van der Waals surface area contributed by atoms with Crippen LogP contribution in [0.2, 0.25) is 0 Å². The zero-order chi connectivity index (χ0) is 13.2. The number of carbonyl (C=O) groups is 1. The summed E-state index contributed by atoms with van der Waals surface area (Å²) >= 11 is 1.45. The van der Waals surface area contributed by atoms with E-state index in [4.69, 9.17) is 0 Å². The third kappa shape index (κ3) is 3.26. The number of piperidine rings is 1. The van der Waals surface area contributed by atoms with Crippen molar-refractivity contribution in [2.45, 2.75) is 51.5 Å². The van der Waals surface area contributed by atoms with Gasteiger partial charge in [0.1, 0.15) is 5.01 Å². The van der Waals surface area contributed by atoms with Crippen molar-refractivity contribution in [1.82, 2.24) is 15.5 Å². The Bertz CT molecular complexity index is 418. The van der Waals surface area contributed by atoms with Crippen molar-refractivity contribution in [3.63, 3.8) is 0 Å². The molecule has 0 unspecified atom stereocenters. The van der Waals surface area contributed by atoms with E-state index >= 15 is 0 Å². The maximum Gasteiger partial charge on any atom is 0.243 e. The highest BCUT2D eigenvalue weighted by molar-refractivity contribution is 7.15. The highest BCUT2D eigenvalue weighted by Gasteiger charge is 2.23. The number of rotatable bonds is 2. The summed E-state index contributed by atoms with van der Waals surface area (Å²) in [7, 11) is 0. The van der Waals surface area contributed by atoms with Crippen LogP contribution in [-0.2, 0) is 10.2 Å². The molecule has 0 saturated carbocycles. The number of aromatic nitrogens is 2. The van der Waals surface area contributed by atoms with E-state index in [1.165, 1.54) is 11.3 Å². The lowest BCUT2D eigenvalue weighted by atomic mass is 9.98.